The number of ether oxygens (including phenoxy) is 2. The Kier molecular flexibility index (Phi) is 4.79. The van der Waals surface area contributed by atoms with Crippen LogP contribution in [0.2, 0.25) is 0 Å². The summed E-state index contributed by atoms with van der Waals surface area (Å²) < 4.78 is 51.1. The molecule has 2 aromatic rings. The molecule has 1 aromatic heterocycles. The van der Waals surface area contributed by atoms with E-state index < -0.39 is 6.36 Å². The Morgan fingerprint density at radius 3 is 2.43 bits per heavy atom. The van der Waals surface area contributed by atoms with Crippen molar-refractivity contribution in [2.24, 2.45) is 5.73 Å². The van der Waals surface area contributed by atoms with Gasteiger partial charge in [0.25, 0.3) is 0 Å². The van der Waals surface area contributed by atoms with Gasteiger partial charge in [-0.2, -0.15) is 0 Å². The topological polar surface area (TPSA) is 57.6 Å². The fraction of sp³-hybridized carbons (Fsp3) is 0.231. The summed E-state index contributed by atoms with van der Waals surface area (Å²) in [5.74, 6) is 1.24. The highest BCUT2D eigenvalue weighted by Crippen LogP contribution is 2.33. The molecule has 0 unspecified atom stereocenters. The Morgan fingerprint density at radius 1 is 1.14 bits per heavy atom. The van der Waals surface area contributed by atoms with Crippen molar-refractivity contribution in [2.45, 2.75) is 19.5 Å². The zero-order valence-electron chi connectivity index (χ0n) is 10.6. The van der Waals surface area contributed by atoms with Gasteiger partial charge in [0.1, 0.15) is 29.6 Å². The fourth-order valence-electron chi connectivity index (χ4n) is 1.54. The number of nitrogens with two attached hydrogens (primary N) is 1. The van der Waals surface area contributed by atoms with Crippen molar-refractivity contribution < 1.29 is 27.1 Å². The smallest absolute Gasteiger partial charge is 0.486 e. The molecule has 8 heteroatoms. The van der Waals surface area contributed by atoms with E-state index in [4.69, 9.17) is 14.9 Å². The van der Waals surface area contributed by atoms with Crippen molar-refractivity contribution in [2.75, 3.05) is 0 Å². The number of rotatable bonds is 5. The lowest BCUT2D eigenvalue weighted by atomic mass is 10.3. The molecule has 1 aromatic carbocycles. The van der Waals surface area contributed by atoms with Crippen molar-refractivity contribution in [3.8, 4) is 11.5 Å². The quantitative estimate of drug-likeness (QED) is 0.870. The summed E-state index contributed by atoms with van der Waals surface area (Å²) in [5.41, 5.74) is 5.41. The monoisotopic (exact) mass is 365 g/mol. The van der Waals surface area contributed by atoms with Gasteiger partial charge in [-0.25, -0.2) is 0 Å². The van der Waals surface area contributed by atoms with E-state index in [9.17, 15) is 13.2 Å². The molecule has 114 valence electrons. The molecule has 2 N–H and O–H groups in total. The van der Waals surface area contributed by atoms with E-state index in [1.165, 1.54) is 18.2 Å². The highest BCUT2D eigenvalue weighted by Gasteiger charge is 2.31. The van der Waals surface area contributed by atoms with Gasteiger partial charge >= 0.3 is 6.36 Å². The first kappa shape index (κ1) is 15.7. The molecule has 2 rings (SSSR count). The molecule has 0 spiro atoms. The second-order valence-electron chi connectivity index (χ2n) is 4.00. The predicted molar refractivity (Wildman–Crippen MR) is 71.8 cm³/mol. The van der Waals surface area contributed by atoms with Crippen molar-refractivity contribution in [1.82, 2.24) is 0 Å². The lowest BCUT2D eigenvalue weighted by Crippen LogP contribution is -2.17. The minimum absolute atomic E-state index is 0.138. The summed E-state index contributed by atoms with van der Waals surface area (Å²) in [6.45, 7) is 0.431. The molecular weight excluding hydrogens is 355 g/mol. The van der Waals surface area contributed by atoms with E-state index in [-0.39, 0.29) is 23.4 Å². The van der Waals surface area contributed by atoms with Crippen molar-refractivity contribution >= 4 is 15.9 Å². The van der Waals surface area contributed by atoms with Gasteiger partial charge < -0.3 is 19.6 Å². The van der Waals surface area contributed by atoms with Crippen LogP contribution in [0.25, 0.3) is 0 Å². The molecule has 4 nitrogen and oxygen atoms in total. The average molecular weight is 366 g/mol. The molecule has 0 radical (unpaired) electrons. The molecule has 0 amide bonds. The maximum absolute atomic E-state index is 12.1. The maximum atomic E-state index is 12.1. The summed E-state index contributed by atoms with van der Waals surface area (Å²) in [6, 6.07) is 7.38. The highest BCUT2D eigenvalue weighted by atomic mass is 79.9. The van der Waals surface area contributed by atoms with Crippen LogP contribution in [0.4, 0.5) is 13.2 Å². The molecule has 0 saturated heterocycles. The molecule has 0 aliphatic heterocycles. The minimum Gasteiger partial charge on any atom is -0.486 e. The molecule has 0 fully saturated rings. The molecule has 0 aliphatic carbocycles. The van der Waals surface area contributed by atoms with Gasteiger partial charge in [0.15, 0.2) is 0 Å². The van der Waals surface area contributed by atoms with Crippen molar-refractivity contribution in [3.63, 3.8) is 0 Å². The van der Waals surface area contributed by atoms with E-state index in [0.29, 0.717) is 17.3 Å². The number of hydrogen-bond donors (Lipinski definition) is 1. The Morgan fingerprint density at radius 2 is 1.86 bits per heavy atom. The first-order chi connectivity index (χ1) is 9.87. The van der Waals surface area contributed by atoms with Crippen LogP contribution < -0.4 is 15.2 Å². The standard InChI is InChI=1S/C13H11BrF3NO3/c14-11-5-8(3-4-12(11)21-13(15,16)17)19-7-10-2-1-9(6-18)20-10/h1-5H,6-7,18H2. The van der Waals surface area contributed by atoms with E-state index in [0.717, 1.165) is 0 Å². The number of halogens is 4. The summed E-state index contributed by atoms with van der Waals surface area (Å²) in [6.07, 6.45) is -4.74. The molecular formula is C13H11BrF3NO3. The van der Waals surface area contributed by atoms with E-state index in [1.54, 1.807) is 12.1 Å². The van der Waals surface area contributed by atoms with Crippen molar-refractivity contribution in [3.05, 3.63) is 46.3 Å². The molecule has 0 atom stereocenters. The number of benzene rings is 1. The molecule has 0 bridgehead atoms. The lowest BCUT2D eigenvalue weighted by molar-refractivity contribution is -0.274. The van der Waals surface area contributed by atoms with Crippen LogP contribution in [-0.2, 0) is 13.2 Å². The summed E-state index contributed by atoms with van der Waals surface area (Å²) in [5, 5.41) is 0. The maximum Gasteiger partial charge on any atom is 0.573 e. The Balaban J connectivity index is 1.99. The summed E-state index contributed by atoms with van der Waals surface area (Å²) in [4.78, 5) is 0. The lowest BCUT2D eigenvalue weighted by Gasteiger charge is -2.11. The molecule has 0 aliphatic rings. The number of hydrogen-bond acceptors (Lipinski definition) is 4. The van der Waals surface area contributed by atoms with Gasteiger partial charge in [0.2, 0.25) is 0 Å². The van der Waals surface area contributed by atoms with Crippen LogP contribution in [0.3, 0.4) is 0 Å². The summed E-state index contributed by atoms with van der Waals surface area (Å²) >= 11 is 3.00. The highest BCUT2D eigenvalue weighted by molar-refractivity contribution is 9.10. The van der Waals surface area contributed by atoms with E-state index in [1.807, 2.05) is 0 Å². The third-order valence-corrected chi connectivity index (χ3v) is 3.05. The Bertz CT molecular complexity index is 613. The normalized spacial score (nSPS) is 11.5. The Labute approximate surface area is 126 Å². The van der Waals surface area contributed by atoms with Crippen LogP contribution in [-0.4, -0.2) is 6.36 Å². The fourth-order valence-corrected chi connectivity index (χ4v) is 1.98. The predicted octanol–water partition coefficient (Wildman–Crippen LogP) is 3.98. The van der Waals surface area contributed by atoms with Gasteiger partial charge in [-0.15, -0.1) is 13.2 Å². The van der Waals surface area contributed by atoms with Crippen LogP contribution in [0.5, 0.6) is 11.5 Å². The third-order valence-electron chi connectivity index (χ3n) is 2.43. The molecule has 21 heavy (non-hydrogen) atoms. The summed E-state index contributed by atoms with van der Waals surface area (Å²) in [7, 11) is 0. The van der Waals surface area contributed by atoms with Crippen molar-refractivity contribution in [1.29, 1.82) is 0 Å². The zero-order valence-corrected chi connectivity index (χ0v) is 12.2. The second kappa shape index (κ2) is 6.40. The van der Waals surface area contributed by atoms with Crippen LogP contribution in [0.1, 0.15) is 11.5 Å². The number of alkyl halides is 3. The SMILES string of the molecule is NCc1ccc(COc2ccc(OC(F)(F)F)c(Br)c2)o1. The molecule has 1 heterocycles. The van der Waals surface area contributed by atoms with Crippen LogP contribution >= 0.6 is 15.9 Å². The third kappa shape index (κ3) is 4.68. The van der Waals surface area contributed by atoms with Crippen LogP contribution in [0.15, 0.2) is 39.2 Å². The second-order valence-corrected chi connectivity index (χ2v) is 4.86. The van der Waals surface area contributed by atoms with Gasteiger partial charge in [-0.1, -0.05) is 0 Å². The first-order valence-corrected chi connectivity index (χ1v) is 6.62. The van der Waals surface area contributed by atoms with E-state index >= 15 is 0 Å². The van der Waals surface area contributed by atoms with Crippen LogP contribution in [0, 0.1) is 0 Å². The minimum atomic E-state index is -4.74. The van der Waals surface area contributed by atoms with Gasteiger partial charge in [0.05, 0.1) is 11.0 Å². The zero-order chi connectivity index (χ0) is 15.5. The average Bonchev–Trinajstić information content (AvgIpc) is 2.86. The van der Waals surface area contributed by atoms with Gasteiger partial charge in [-0.3, -0.25) is 0 Å². The largest absolute Gasteiger partial charge is 0.573 e. The number of furan rings is 1. The van der Waals surface area contributed by atoms with Gasteiger partial charge in [0, 0.05) is 0 Å². The first-order valence-electron chi connectivity index (χ1n) is 5.83. The Hall–Kier alpha value is -1.67. The molecule has 0 saturated carbocycles. The van der Waals surface area contributed by atoms with Gasteiger partial charge in [-0.05, 0) is 46.3 Å². The van der Waals surface area contributed by atoms with E-state index in [2.05, 4.69) is 20.7 Å².